The molecule has 0 aromatic heterocycles. The Morgan fingerprint density at radius 2 is 0.381 bits per heavy atom. The molecule has 404 valence electrons. The van der Waals surface area contributed by atoms with Crippen molar-refractivity contribution in [2.45, 2.75) is 29.3 Å². The number of hydrogen-bond acceptors (Lipinski definition) is 5. The first-order chi connectivity index (χ1) is 40.9. The summed E-state index contributed by atoms with van der Waals surface area (Å²) < 4.78 is 0. The molecule has 0 atom stereocenters. The first kappa shape index (κ1) is 52.1. The van der Waals surface area contributed by atoms with E-state index < -0.39 is 28.4 Å². The van der Waals surface area contributed by atoms with Crippen molar-refractivity contribution in [1.29, 1.82) is 0 Å². The topological polar surface area (TPSA) is 118 Å². The normalized spacial score (nSPS) is 14.7. The third kappa shape index (κ3) is 7.91. The van der Waals surface area contributed by atoms with Crippen molar-refractivity contribution in [3.05, 3.63) is 358 Å². The first-order valence-electron chi connectivity index (χ1n) is 28.2. The van der Waals surface area contributed by atoms with Gasteiger partial charge in [-0.15, -0.1) is 0 Å². The van der Waals surface area contributed by atoms with Gasteiger partial charge in [0.15, 0.2) is 0 Å². The van der Waals surface area contributed by atoms with Crippen LogP contribution in [0.3, 0.4) is 0 Å². The SMILES string of the molecule is CC(=O)O.OC1(c2cccc(-c3cccc(C4(O)c5ccccc5-c5ccccc54)c3)c2)c2ccccc2-c2ccccc21.OC1(c2cccc(-c3cccc(C4(O)c5ccccc5-c5ccccc54)c3)c2)c2ccccc2-c2ccccc21. The molecule has 84 heavy (non-hydrogen) atoms. The molecular weight excluding hydrogens is 1030 g/mol. The van der Waals surface area contributed by atoms with Crippen molar-refractivity contribution >= 4 is 5.97 Å². The summed E-state index contributed by atoms with van der Waals surface area (Å²) in [5.74, 6) is -0.833. The van der Waals surface area contributed by atoms with Gasteiger partial charge in [-0.2, -0.15) is 0 Å². The van der Waals surface area contributed by atoms with E-state index in [-0.39, 0.29) is 0 Å². The molecule has 12 aromatic rings. The zero-order valence-electron chi connectivity index (χ0n) is 45.9. The lowest BCUT2D eigenvalue weighted by Crippen LogP contribution is -2.26. The number of fused-ring (bicyclic) bond motifs is 12. The third-order valence-corrected chi connectivity index (χ3v) is 17.5. The van der Waals surface area contributed by atoms with Gasteiger partial charge in [0.2, 0.25) is 0 Å². The molecule has 0 spiro atoms. The van der Waals surface area contributed by atoms with Gasteiger partial charge in [-0.1, -0.05) is 267 Å². The van der Waals surface area contributed by atoms with Crippen LogP contribution in [-0.2, 0) is 27.2 Å². The lowest BCUT2D eigenvalue weighted by molar-refractivity contribution is -0.134. The van der Waals surface area contributed by atoms with Crippen LogP contribution in [0, 0.1) is 0 Å². The van der Waals surface area contributed by atoms with Gasteiger partial charge in [0, 0.05) is 51.4 Å². The molecule has 5 N–H and O–H groups in total. The summed E-state index contributed by atoms with van der Waals surface area (Å²) in [6.45, 7) is 1.08. The van der Waals surface area contributed by atoms with Gasteiger partial charge in [0.05, 0.1) is 0 Å². The number of carbonyl (C=O) groups is 1. The maximum Gasteiger partial charge on any atom is 0.300 e. The highest BCUT2D eigenvalue weighted by molar-refractivity contribution is 5.87. The Morgan fingerprint density at radius 3 is 0.536 bits per heavy atom. The molecule has 0 amide bonds. The summed E-state index contributed by atoms with van der Waals surface area (Å²) in [4.78, 5) is 9.00. The van der Waals surface area contributed by atoms with Crippen molar-refractivity contribution in [3.63, 3.8) is 0 Å². The van der Waals surface area contributed by atoms with Crippen LogP contribution in [0.5, 0.6) is 0 Å². The zero-order chi connectivity index (χ0) is 57.4. The van der Waals surface area contributed by atoms with Gasteiger partial charge in [0.25, 0.3) is 5.97 Å². The van der Waals surface area contributed by atoms with Crippen LogP contribution < -0.4 is 0 Å². The Hall–Kier alpha value is -10.1. The number of hydrogen-bond donors (Lipinski definition) is 5. The lowest BCUT2D eigenvalue weighted by atomic mass is 9.81. The summed E-state index contributed by atoms with van der Waals surface area (Å²) in [5.41, 5.74) is 17.9. The fourth-order valence-corrected chi connectivity index (χ4v) is 13.8. The monoisotopic (exact) mass is 1090 g/mol. The quantitative estimate of drug-likeness (QED) is 0.113. The Kier molecular flexibility index (Phi) is 12.5. The minimum Gasteiger partial charge on any atom is -0.481 e. The molecule has 0 heterocycles. The van der Waals surface area contributed by atoms with Gasteiger partial charge in [-0.3, -0.25) is 4.79 Å². The van der Waals surface area contributed by atoms with Crippen LogP contribution in [0.2, 0.25) is 0 Å². The summed E-state index contributed by atoms with van der Waals surface area (Å²) in [7, 11) is 0. The number of carboxylic acids is 1. The Morgan fingerprint density at radius 1 is 0.238 bits per heavy atom. The summed E-state index contributed by atoms with van der Waals surface area (Å²) >= 11 is 0. The van der Waals surface area contributed by atoms with Gasteiger partial charge in [0.1, 0.15) is 22.4 Å². The molecule has 6 heteroatoms. The smallest absolute Gasteiger partial charge is 0.300 e. The molecule has 12 aromatic carbocycles. The number of aliphatic hydroxyl groups is 4. The molecular formula is C78H56O6. The largest absolute Gasteiger partial charge is 0.481 e. The molecule has 0 radical (unpaired) electrons. The lowest BCUT2D eigenvalue weighted by Gasteiger charge is -2.28. The summed E-state index contributed by atoms with van der Waals surface area (Å²) in [5, 5.41) is 57.0. The molecule has 0 aliphatic heterocycles. The molecule has 16 rings (SSSR count). The standard InChI is InChI=1S/2C38H26O2.C2H4O2/c2*39-37(33-19-5-1-15-29(33)30-16-2-6-20-34(30)37)27-13-9-11-25(23-27)26-12-10-14-28(24-26)38(40)35-21-7-3-17-31(35)32-18-4-8-22-36(32)38;1-2(3)4/h2*1-24,39-40H;1H3,(H,3,4). The van der Waals surface area contributed by atoms with E-state index in [0.29, 0.717) is 0 Å². The van der Waals surface area contributed by atoms with Crippen molar-refractivity contribution in [2.75, 3.05) is 0 Å². The molecule has 4 aliphatic carbocycles. The van der Waals surface area contributed by atoms with Crippen LogP contribution in [0.1, 0.15) is 73.7 Å². The van der Waals surface area contributed by atoms with E-state index in [1.165, 1.54) is 0 Å². The predicted molar refractivity (Wildman–Crippen MR) is 333 cm³/mol. The summed E-state index contributed by atoms with van der Waals surface area (Å²) in [6.07, 6.45) is 0. The minimum atomic E-state index is -1.25. The highest BCUT2D eigenvalue weighted by atomic mass is 16.4. The first-order valence-corrected chi connectivity index (χ1v) is 28.2. The zero-order valence-corrected chi connectivity index (χ0v) is 45.9. The number of benzene rings is 12. The fourth-order valence-electron chi connectivity index (χ4n) is 13.8. The minimum absolute atomic E-state index is 0.822. The van der Waals surface area contributed by atoms with Gasteiger partial charge in [-0.05, 0) is 113 Å². The van der Waals surface area contributed by atoms with E-state index in [0.717, 1.165) is 140 Å². The highest BCUT2D eigenvalue weighted by Crippen LogP contribution is 2.55. The fraction of sp³-hybridized carbons (Fsp3) is 0.0641. The number of aliphatic carboxylic acids is 1. The van der Waals surface area contributed by atoms with Gasteiger partial charge >= 0.3 is 0 Å². The van der Waals surface area contributed by atoms with Crippen molar-refractivity contribution < 1.29 is 30.3 Å². The maximum absolute atomic E-state index is 12.4. The molecule has 4 aliphatic rings. The van der Waals surface area contributed by atoms with Crippen LogP contribution >= 0.6 is 0 Å². The second-order valence-corrected chi connectivity index (χ2v) is 22.0. The predicted octanol–water partition coefficient (Wildman–Crippen LogP) is 15.9. The molecule has 0 unspecified atom stereocenters. The van der Waals surface area contributed by atoms with E-state index in [2.05, 4.69) is 97.1 Å². The Bertz CT molecular complexity index is 3830. The molecule has 6 nitrogen and oxygen atoms in total. The molecule has 0 bridgehead atoms. The van der Waals surface area contributed by atoms with Crippen LogP contribution in [0.25, 0.3) is 66.8 Å². The Labute approximate surface area is 487 Å². The van der Waals surface area contributed by atoms with Crippen molar-refractivity contribution in [2.24, 2.45) is 0 Å². The van der Waals surface area contributed by atoms with E-state index in [4.69, 9.17) is 9.90 Å². The molecule has 0 saturated heterocycles. The Balaban J connectivity index is 0.000000141. The number of carboxylic acid groups (broad SMARTS) is 1. The average Bonchev–Trinajstić information content (AvgIpc) is 1.97. The summed E-state index contributed by atoms with van der Waals surface area (Å²) in [6, 6.07) is 97.5. The molecule has 0 fully saturated rings. The molecule has 0 saturated carbocycles. The van der Waals surface area contributed by atoms with Crippen molar-refractivity contribution in [3.8, 4) is 66.8 Å². The number of rotatable bonds is 6. The van der Waals surface area contributed by atoms with Gasteiger partial charge < -0.3 is 25.5 Å². The van der Waals surface area contributed by atoms with Crippen molar-refractivity contribution in [1.82, 2.24) is 0 Å². The van der Waals surface area contributed by atoms with Crippen LogP contribution in [0.4, 0.5) is 0 Å². The van der Waals surface area contributed by atoms with Crippen LogP contribution in [0.15, 0.2) is 291 Å². The van der Waals surface area contributed by atoms with Gasteiger partial charge in [-0.25, -0.2) is 0 Å². The second kappa shape index (κ2) is 20.1. The second-order valence-electron chi connectivity index (χ2n) is 22.0. The van der Waals surface area contributed by atoms with E-state index in [1.54, 1.807) is 0 Å². The average molecular weight is 1090 g/mol. The van der Waals surface area contributed by atoms with Crippen LogP contribution in [-0.4, -0.2) is 31.5 Å². The van der Waals surface area contributed by atoms with E-state index in [9.17, 15) is 20.4 Å². The van der Waals surface area contributed by atoms with E-state index in [1.807, 2.05) is 194 Å². The van der Waals surface area contributed by atoms with E-state index >= 15 is 0 Å². The maximum atomic E-state index is 12.4. The third-order valence-electron chi connectivity index (χ3n) is 17.5. The highest BCUT2D eigenvalue weighted by Gasteiger charge is 2.47.